The molecule has 0 aromatic heterocycles. The van der Waals surface area contributed by atoms with Crippen molar-refractivity contribution in [1.29, 1.82) is 0 Å². The summed E-state index contributed by atoms with van der Waals surface area (Å²) < 4.78 is 0. The molecule has 37 heavy (non-hydrogen) atoms. The van der Waals surface area contributed by atoms with Crippen LogP contribution in [0.15, 0.2) is 158 Å². The summed E-state index contributed by atoms with van der Waals surface area (Å²) in [5.41, 5.74) is 7.87. The van der Waals surface area contributed by atoms with E-state index >= 15 is 0 Å². The van der Waals surface area contributed by atoms with Crippen molar-refractivity contribution in [2.45, 2.75) is 13.1 Å². The van der Waals surface area contributed by atoms with Gasteiger partial charge in [-0.1, -0.05) is 174 Å². The molecule has 0 bridgehead atoms. The van der Waals surface area contributed by atoms with Crippen LogP contribution in [-0.2, 0) is 13.1 Å². The van der Waals surface area contributed by atoms with E-state index in [9.17, 15) is 0 Å². The highest BCUT2D eigenvalue weighted by Crippen LogP contribution is 2.20. The Balaban J connectivity index is 1.55. The van der Waals surface area contributed by atoms with E-state index in [1.54, 1.807) is 0 Å². The molecule has 180 valence electrons. The summed E-state index contributed by atoms with van der Waals surface area (Å²) in [4.78, 5) is 2.53. The lowest BCUT2D eigenvalue weighted by atomic mass is 9.35. The molecule has 0 N–H and O–H groups in total. The van der Waals surface area contributed by atoms with Gasteiger partial charge in [-0.05, 0) is 16.7 Å². The van der Waals surface area contributed by atoms with Crippen molar-refractivity contribution >= 4 is 23.1 Å². The molecule has 5 rings (SSSR count). The van der Waals surface area contributed by atoms with Crippen LogP contribution in [-0.4, -0.2) is 18.2 Å². The maximum atomic E-state index is 2.53. The molecule has 5 aromatic carbocycles. The fraction of sp³-hybridized carbons (Fsp3) is 0.0857. The molecule has 0 aliphatic heterocycles. The summed E-state index contributed by atoms with van der Waals surface area (Å²) in [6.07, 6.45) is 2.45. The Hall–Kier alpha value is -4.14. The molecule has 0 fully saturated rings. The van der Waals surface area contributed by atoms with Gasteiger partial charge >= 0.3 is 0 Å². The molecule has 0 spiro atoms. The summed E-state index contributed by atoms with van der Waals surface area (Å²) >= 11 is 0. The van der Waals surface area contributed by atoms with Gasteiger partial charge in [-0.2, -0.15) is 0 Å². The van der Waals surface area contributed by atoms with Crippen LogP contribution in [0.3, 0.4) is 0 Å². The zero-order valence-corrected chi connectivity index (χ0v) is 21.2. The van der Waals surface area contributed by atoms with Gasteiger partial charge in [-0.3, -0.25) is 4.90 Å². The van der Waals surface area contributed by atoms with Crippen molar-refractivity contribution in [1.82, 2.24) is 4.90 Å². The SMILES string of the molecule is C(/CN(Cc1ccccc1)Cc1ccccc1)=C(/B(c1ccccc1)c1ccccc1)c1ccccc1. The molecule has 5 aromatic rings. The van der Waals surface area contributed by atoms with E-state index in [1.807, 2.05) is 0 Å². The Morgan fingerprint density at radius 3 is 1.30 bits per heavy atom. The highest BCUT2D eigenvalue weighted by molar-refractivity contribution is 6.99. The summed E-state index contributed by atoms with van der Waals surface area (Å²) in [7, 11) is 0. The molecule has 0 heterocycles. The standard InChI is InChI=1S/C35H32BN/c1-6-16-30(17-7-1)28-37(29-31-18-8-2-9-19-31)27-26-35(32-20-10-3-11-21-32)36(33-22-12-4-13-23-33)34-24-14-5-15-25-34/h1-26H,27-29H2/b35-26-. The second-order valence-corrected chi connectivity index (χ2v) is 9.42. The van der Waals surface area contributed by atoms with Crippen LogP contribution in [0.2, 0.25) is 0 Å². The first-order valence-electron chi connectivity index (χ1n) is 13.0. The average Bonchev–Trinajstić information content (AvgIpc) is 2.97. The lowest BCUT2D eigenvalue weighted by molar-refractivity contribution is 0.286. The van der Waals surface area contributed by atoms with Crippen LogP contribution in [0.25, 0.3) is 5.47 Å². The average molecular weight is 477 g/mol. The van der Waals surface area contributed by atoms with Gasteiger partial charge in [-0.15, -0.1) is 0 Å². The third kappa shape index (κ3) is 6.75. The van der Waals surface area contributed by atoms with Gasteiger partial charge in [0.25, 0.3) is 0 Å². The predicted molar refractivity (Wildman–Crippen MR) is 159 cm³/mol. The van der Waals surface area contributed by atoms with E-state index in [2.05, 4.69) is 163 Å². The summed E-state index contributed by atoms with van der Waals surface area (Å²) in [5.74, 6) is 0. The fourth-order valence-electron chi connectivity index (χ4n) is 4.97. The van der Waals surface area contributed by atoms with Crippen LogP contribution < -0.4 is 10.9 Å². The number of hydrogen-bond donors (Lipinski definition) is 0. The third-order valence-electron chi connectivity index (χ3n) is 6.75. The molecule has 0 aliphatic rings. The van der Waals surface area contributed by atoms with E-state index in [4.69, 9.17) is 0 Å². The quantitative estimate of drug-likeness (QED) is 0.204. The van der Waals surface area contributed by atoms with E-state index < -0.39 is 0 Å². The monoisotopic (exact) mass is 477 g/mol. The molecule has 0 atom stereocenters. The van der Waals surface area contributed by atoms with Crippen LogP contribution in [0.1, 0.15) is 16.7 Å². The van der Waals surface area contributed by atoms with Gasteiger partial charge in [0.1, 0.15) is 0 Å². The van der Waals surface area contributed by atoms with E-state index in [0.29, 0.717) is 0 Å². The molecular weight excluding hydrogens is 445 g/mol. The van der Waals surface area contributed by atoms with Crippen molar-refractivity contribution in [3.8, 4) is 0 Å². The number of nitrogens with zero attached hydrogens (tertiary/aromatic N) is 1. The Bertz CT molecular complexity index is 1290. The molecule has 2 heteroatoms. The highest BCUT2D eigenvalue weighted by atomic mass is 15.1. The zero-order valence-electron chi connectivity index (χ0n) is 21.2. The Labute approximate surface area is 221 Å². The minimum atomic E-state index is 0.153. The first-order valence-corrected chi connectivity index (χ1v) is 13.0. The summed E-state index contributed by atoms with van der Waals surface area (Å²) in [6, 6.07) is 54.2. The molecule has 0 amide bonds. The maximum absolute atomic E-state index is 2.53. The van der Waals surface area contributed by atoms with Crippen molar-refractivity contribution in [2.24, 2.45) is 0 Å². The maximum Gasteiger partial charge on any atom is 0.241 e. The first-order chi connectivity index (χ1) is 18.4. The van der Waals surface area contributed by atoms with Crippen LogP contribution in [0.4, 0.5) is 0 Å². The lowest BCUT2D eigenvalue weighted by Crippen LogP contribution is -2.43. The Morgan fingerprint density at radius 1 is 0.486 bits per heavy atom. The van der Waals surface area contributed by atoms with Crippen molar-refractivity contribution in [2.75, 3.05) is 6.54 Å². The molecular formula is C35H32BN. The van der Waals surface area contributed by atoms with Gasteiger partial charge in [0, 0.05) is 19.6 Å². The van der Waals surface area contributed by atoms with Crippen LogP contribution in [0, 0.1) is 0 Å². The minimum absolute atomic E-state index is 0.153. The van der Waals surface area contributed by atoms with Crippen molar-refractivity contribution in [3.05, 3.63) is 174 Å². The number of rotatable bonds is 10. The summed E-state index contributed by atoms with van der Waals surface area (Å²) in [5, 5.41) is 0. The van der Waals surface area contributed by atoms with Crippen molar-refractivity contribution < 1.29 is 0 Å². The minimum Gasteiger partial charge on any atom is -0.291 e. The van der Waals surface area contributed by atoms with Crippen molar-refractivity contribution in [3.63, 3.8) is 0 Å². The summed E-state index contributed by atoms with van der Waals surface area (Å²) in [6.45, 7) is 2.80. The van der Waals surface area contributed by atoms with Gasteiger partial charge in [0.05, 0.1) is 0 Å². The molecule has 0 aliphatic carbocycles. The molecule has 1 nitrogen and oxygen atoms in total. The second-order valence-electron chi connectivity index (χ2n) is 9.42. The molecule has 0 radical (unpaired) electrons. The molecule has 0 unspecified atom stereocenters. The number of hydrogen-bond acceptors (Lipinski definition) is 1. The lowest BCUT2D eigenvalue weighted by Gasteiger charge is -2.24. The van der Waals surface area contributed by atoms with Crippen LogP contribution in [0.5, 0.6) is 0 Å². The fourth-order valence-corrected chi connectivity index (χ4v) is 4.97. The molecule has 0 saturated heterocycles. The smallest absolute Gasteiger partial charge is 0.241 e. The van der Waals surface area contributed by atoms with E-state index in [0.717, 1.165) is 19.6 Å². The highest BCUT2D eigenvalue weighted by Gasteiger charge is 2.25. The largest absolute Gasteiger partial charge is 0.291 e. The topological polar surface area (TPSA) is 3.24 Å². The zero-order chi connectivity index (χ0) is 25.1. The second kappa shape index (κ2) is 12.7. The van der Waals surface area contributed by atoms with E-state index in [-0.39, 0.29) is 6.71 Å². The van der Waals surface area contributed by atoms with E-state index in [1.165, 1.54) is 33.1 Å². The third-order valence-corrected chi connectivity index (χ3v) is 6.75. The predicted octanol–water partition coefficient (Wildman–Crippen LogP) is 6.62. The Kier molecular flexibility index (Phi) is 8.44. The van der Waals surface area contributed by atoms with Gasteiger partial charge in [-0.25, -0.2) is 0 Å². The molecule has 0 saturated carbocycles. The number of benzene rings is 5. The van der Waals surface area contributed by atoms with Crippen LogP contribution >= 0.6 is 0 Å². The normalized spacial score (nSPS) is 11.4. The first kappa shape index (κ1) is 24.6. The Morgan fingerprint density at radius 2 is 0.865 bits per heavy atom. The van der Waals surface area contributed by atoms with Gasteiger partial charge in [0.15, 0.2) is 0 Å². The van der Waals surface area contributed by atoms with Gasteiger partial charge in [0.2, 0.25) is 6.71 Å². The van der Waals surface area contributed by atoms with Gasteiger partial charge < -0.3 is 0 Å².